The van der Waals surface area contributed by atoms with Gasteiger partial charge in [-0.25, -0.2) is 8.42 Å². The Bertz CT molecular complexity index is 750. The van der Waals surface area contributed by atoms with E-state index in [0.29, 0.717) is 18.4 Å². The molecule has 0 heterocycles. The van der Waals surface area contributed by atoms with E-state index < -0.39 is 27.4 Å². The van der Waals surface area contributed by atoms with Crippen molar-refractivity contribution in [3.05, 3.63) is 29.8 Å². The Labute approximate surface area is 147 Å². The third-order valence-electron chi connectivity index (χ3n) is 4.35. The average Bonchev–Trinajstić information content (AvgIpc) is 3.34. The second kappa shape index (κ2) is 7.13. The van der Waals surface area contributed by atoms with Crippen LogP contribution >= 0.6 is 0 Å². The number of rotatable bonds is 8. The predicted octanol–water partition coefficient (Wildman–Crippen LogP) is 1.67. The molecule has 1 aliphatic rings. The highest BCUT2D eigenvalue weighted by Crippen LogP contribution is 2.49. The van der Waals surface area contributed by atoms with Crippen LogP contribution in [0.3, 0.4) is 0 Å². The zero-order chi connectivity index (χ0) is 18.8. The first kappa shape index (κ1) is 19.4. The van der Waals surface area contributed by atoms with Crippen LogP contribution in [-0.2, 0) is 29.8 Å². The van der Waals surface area contributed by atoms with Gasteiger partial charge in [-0.15, -0.1) is 0 Å². The molecule has 0 amide bonds. The highest BCUT2D eigenvalue weighted by Gasteiger charge is 2.52. The Hall–Kier alpha value is -1.93. The first-order valence-electron chi connectivity index (χ1n) is 8.06. The molecule has 1 fully saturated rings. The standard InChI is InChI=1S/C17H23NO6S/c1-11(2)10-14(15(19)20)18-25(22,23)13-6-4-12(5-7-13)17(8-9-17)16(21)24-3/h4-7,11,14,18H,8-10H2,1-3H3,(H,19,20)/t14-/m0/s1. The molecule has 1 aromatic carbocycles. The highest BCUT2D eigenvalue weighted by atomic mass is 32.2. The molecule has 1 aromatic rings. The van der Waals surface area contributed by atoms with Crippen LogP contribution in [0.2, 0.25) is 0 Å². The van der Waals surface area contributed by atoms with E-state index in [1.54, 1.807) is 12.1 Å². The van der Waals surface area contributed by atoms with Gasteiger partial charge in [0.2, 0.25) is 10.0 Å². The molecule has 0 bridgehead atoms. The van der Waals surface area contributed by atoms with Gasteiger partial charge in [0.25, 0.3) is 0 Å². The maximum Gasteiger partial charge on any atom is 0.321 e. The lowest BCUT2D eigenvalue weighted by atomic mass is 9.96. The van der Waals surface area contributed by atoms with Crippen LogP contribution < -0.4 is 4.72 Å². The molecule has 0 radical (unpaired) electrons. The van der Waals surface area contributed by atoms with E-state index >= 15 is 0 Å². The van der Waals surface area contributed by atoms with Crippen LogP contribution in [0.4, 0.5) is 0 Å². The van der Waals surface area contributed by atoms with Crippen molar-refractivity contribution >= 4 is 22.0 Å². The molecule has 1 atom stereocenters. The third kappa shape index (κ3) is 4.19. The molecule has 0 unspecified atom stereocenters. The van der Waals surface area contributed by atoms with E-state index in [9.17, 15) is 23.1 Å². The minimum absolute atomic E-state index is 0.0287. The lowest BCUT2D eigenvalue weighted by molar-refractivity contribution is -0.143. The number of methoxy groups -OCH3 is 1. The van der Waals surface area contributed by atoms with Gasteiger partial charge < -0.3 is 9.84 Å². The summed E-state index contributed by atoms with van der Waals surface area (Å²) in [5.74, 6) is -1.51. The molecule has 138 valence electrons. The van der Waals surface area contributed by atoms with Crippen LogP contribution in [0.5, 0.6) is 0 Å². The number of carbonyl (C=O) groups excluding carboxylic acids is 1. The molecule has 8 heteroatoms. The van der Waals surface area contributed by atoms with Crippen LogP contribution in [0.15, 0.2) is 29.2 Å². The first-order valence-corrected chi connectivity index (χ1v) is 9.55. The molecule has 2 N–H and O–H groups in total. The number of hydrogen-bond donors (Lipinski definition) is 2. The van der Waals surface area contributed by atoms with Crippen molar-refractivity contribution in [2.24, 2.45) is 5.92 Å². The number of esters is 1. The number of sulfonamides is 1. The first-order chi connectivity index (χ1) is 11.6. The molecular weight excluding hydrogens is 346 g/mol. The minimum atomic E-state index is -3.96. The van der Waals surface area contributed by atoms with Gasteiger partial charge in [0.1, 0.15) is 6.04 Å². The van der Waals surface area contributed by atoms with E-state index in [4.69, 9.17) is 4.74 Å². The predicted molar refractivity (Wildman–Crippen MR) is 90.6 cm³/mol. The fourth-order valence-corrected chi connectivity index (χ4v) is 4.01. The molecule has 0 saturated heterocycles. The summed E-state index contributed by atoms with van der Waals surface area (Å²) < 4.78 is 31.9. The van der Waals surface area contributed by atoms with Gasteiger partial charge in [-0.2, -0.15) is 4.72 Å². The normalized spacial score (nSPS) is 17.1. The summed E-state index contributed by atoms with van der Waals surface area (Å²) in [6.07, 6.45) is 1.52. The van der Waals surface area contributed by atoms with Gasteiger partial charge in [0.05, 0.1) is 17.4 Å². The Morgan fingerprint density at radius 2 is 1.80 bits per heavy atom. The number of benzene rings is 1. The zero-order valence-corrected chi connectivity index (χ0v) is 15.3. The number of carbonyl (C=O) groups is 2. The Morgan fingerprint density at radius 3 is 2.20 bits per heavy atom. The topological polar surface area (TPSA) is 110 Å². The minimum Gasteiger partial charge on any atom is -0.480 e. The van der Waals surface area contributed by atoms with Gasteiger partial charge >= 0.3 is 11.9 Å². The van der Waals surface area contributed by atoms with Crippen molar-refractivity contribution in [1.29, 1.82) is 0 Å². The second-order valence-corrected chi connectivity index (χ2v) is 8.45. The van der Waals surface area contributed by atoms with Crippen LogP contribution in [0, 0.1) is 5.92 Å². The molecule has 0 spiro atoms. The van der Waals surface area contributed by atoms with Crippen LogP contribution in [0.25, 0.3) is 0 Å². The monoisotopic (exact) mass is 369 g/mol. The number of nitrogens with one attached hydrogen (secondary N) is 1. The van der Waals surface area contributed by atoms with Crippen LogP contribution in [-0.4, -0.2) is 38.6 Å². The van der Waals surface area contributed by atoms with E-state index in [2.05, 4.69) is 4.72 Å². The van der Waals surface area contributed by atoms with E-state index in [1.807, 2.05) is 13.8 Å². The summed E-state index contributed by atoms with van der Waals surface area (Å²) in [4.78, 5) is 23.1. The molecule has 1 saturated carbocycles. The summed E-state index contributed by atoms with van der Waals surface area (Å²) >= 11 is 0. The van der Waals surface area contributed by atoms with Crippen molar-refractivity contribution in [2.45, 2.75) is 49.5 Å². The molecule has 25 heavy (non-hydrogen) atoms. The summed E-state index contributed by atoms with van der Waals surface area (Å²) in [7, 11) is -2.64. The average molecular weight is 369 g/mol. The van der Waals surface area contributed by atoms with Crippen molar-refractivity contribution in [2.75, 3.05) is 7.11 Å². The highest BCUT2D eigenvalue weighted by molar-refractivity contribution is 7.89. The number of carboxylic acid groups (broad SMARTS) is 1. The summed E-state index contributed by atoms with van der Waals surface area (Å²) in [6, 6.07) is 4.74. The quantitative estimate of drug-likeness (QED) is 0.675. The second-order valence-electron chi connectivity index (χ2n) is 6.74. The van der Waals surface area contributed by atoms with Crippen LogP contribution in [0.1, 0.15) is 38.7 Å². The number of aliphatic carboxylic acids is 1. The third-order valence-corrected chi connectivity index (χ3v) is 5.83. The zero-order valence-electron chi connectivity index (χ0n) is 14.5. The van der Waals surface area contributed by atoms with Gasteiger partial charge in [-0.05, 0) is 42.9 Å². The lowest BCUT2D eigenvalue weighted by Gasteiger charge is -2.17. The molecule has 1 aliphatic carbocycles. The van der Waals surface area contributed by atoms with Gasteiger partial charge in [0.15, 0.2) is 0 Å². The molecule has 0 aliphatic heterocycles. The van der Waals surface area contributed by atoms with E-state index in [1.165, 1.54) is 19.2 Å². The van der Waals surface area contributed by atoms with E-state index in [-0.39, 0.29) is 23.2 Å². The molecular formula is C17H23NO6S. The van der Waals surface area contributed by atoms with Crippen molar-refractivity contribution < 1.29 is 27.9 Å². The number of hydrogen-bond acceptors (Lipinski definition) is 5. The van der Waals surface area contributed by atoms with Gasteiger partial charge in [-0.3, -0.25) is 9.59 Å². The lowest BCUT2D eigenvalue weighted by Crippen LogP contribution is -2.41. The Kier molecular flexibility index (Phi) is 5.53. The number of ether oxygens (including phenoxy) is 1. The Balaban J connectivity index is 2.20. The maximum atomic E-state index is 12.4. The number of carboxylic acids is 1. The van der Waals surface area contributed by atoms with Gasteiger partial charge in [0, 0.05) is 0 Å². The maximum absolute atomic E-state index is 12.4. The largest absolute Gasteiger partial charge is 0.480 e. The smallest absolute Gasteiger partial charge is 0.321 e. The molecule has 0 aromatic heterocycles. The SMILES string of the molecule is COC(=O)C1(c2ccc(S(=O)(=O)N[C@@H](CC(C)C)C(=O)O)cc2)CC1. The Morgan fingerprint density at radius 1 is 1.24 bits per heavy atom. The van der Waals surface area contributed by atoms with Crippen molar-refractivity contribution in [3.63, 3.8) is 0 Å². The summed E-state index contributed by atoms with van der Waals surface area (Å²) in [6.45, 7) is 3.64. The summed E-state index contributed by atoms with van der Waals surface area (Å²) in [5, 5.41) is 9.20. The van der Waals surface area contributed by atoms with Gasteiger partial charge in [-0.1, -0.05) is 26.0 Å². The van der Waals surface area contributed by atoms with Crippen molar-refractivity contribution in [1.82, 2.24) is 4.72 Å². The molecule has 2 rings (SSSR count). The van der Waals surface area contributed by atoms with Crippen molar-refractivity contribution in [3.8, 4) is 0 Å². The molecule has 7 nitrogen and oxygen atoms in total. The van der Waals surface area contributed by atoms with E-state index in [0.717, 1.165) is 0 Å². The fourth-order valence-electron chi connectivity index (χ4n) is 2.81. The fraction of sp³-hybridized carbons (Fsp3) is 0.529. The summed E-state index contributed by atoms with van der Waals surface area (Å²) in [5.41, 5.74) is 0.0291.